The molecule has 1 atom stereocenters. The lowest BCUT2D eigenvalue weighted by atomic mass is 10.2. The molecule has 0 aromatic heterocycles. The molecule has 0 bridgehead atoms. The Morgan fingerprint density at radius 3 is 2.88 bits per heavy atom. The van der Waals surface area contributed by atoms with Crippen LogP contribution in [0.4, 0.5) is 5.69 Å². The Bertz CT molecular complexity index is 740. The molecule has 1 amide bonds. The SMILES string of the molecule is O=C(/C=C/c1ccccc1)Nc1cc(Cl)ccc1OCC1CCCO1. The van der Waals surface area contributed by atoms with Gasteiger partial charge in [0.2, 0.25) is 5.91 Å². The molecule has 1 aliphatic heterocycles. The van der Waals surface area contributed by atoms with Gasteiger partial charge < -0.3 is 14.8 Å². The number of rotatable bonds is 6. The third-order valence-electron chi connectivity index (χ3n) is 3.87. The van der Waals surface area contributed by atoms with E-state index in [2.05, 4.69) is 5.32 Å². The molecular weight excluding hydrogens is 338 g/mol. The number of amides is 1. The van der Waals surface area contributed by atoms with Gasteiger partial charge in [0.15, 0.2) is 0 Å². The summed E-state index contributed by atoms with van der Waals surface area (Å²) in [5.74, 6) is 0.342. The standard InChI is InChI=1S/C20H20ClNO3/c21-16-9-10-19(25-14-17-7-4-12-24-17)18(13-16)22-20(23)11-8-15-5-2-1-3-6-15/h1-3,5-6,8-11,13,17H,4,7,12,14H2,(H,22,23)/b11-8+. The van der Waals surface area contributed by atoms with Crippen molar-refractivity contribution in [2.75, 3.05) is 18.5 Å². The van der Waals surface area contributed by atoms with Gasteiger partial charge in [-0.15, -0.1) is 0 Å². The molecule has 4 nitrogen and oxygen atoms in total. The number of hydrogen-bond acceptors (Lipinski definition) is 3. The number of anilines is 1. The molecule has 130 valence electrons. The lowest BCUT2D eigenvalue weighted by Crippen LogP contribution is -2.17. The first-order chi connectivity index (χ1) is 12.2. The molecule has 1 unspecified atom stereocenters. The molecular formula is C20H20ClNO3. The van der Waals surface area contributed by atoms with E-state index in [9.17, 15) is 4.79 Å². The monoisotopic (exact) mass is 357 g/mol. The highest BCUT2D eigenvalue weighted by atomic mass is 35.5. The van der Waals surface area contributed by atoms with Crippen LogP contribution >= 0.6 is 11.6 Å². The Hall–Kier alpha value is -2.30. The second-order valence-electron chi connectivity index (χ2n) is 5.82. The smallest absolute Gasteiger partial charge is 0.248 e. The quantitative estimate of drug-likeness (QED) is 0.771. The van der Waals surface area contributed by atoms with Crippen LogP contribution in [0.25, 0.3) is 6.08 Å². The van der Waals surface area contributed by atoms with Gasteiger partial charge in [0.25, 0.3) is 0 Å². The fourth-order valence-corrected chi connectivity index (χ4v) is 2.77. The normalized spacial score (nSPS) is 16.9. The number of nitrogens with one attached hydrogen (secondary N) is 1. The van der Waals surface area contributed by atoms with E-state index in [1.54, 1.807) is 24.3 Å². The maximum atomic E-state index is 12.2. The zero-order valence-electron chi connectivity index (χ0n) is 13.8. The minimum Gasteiger partial charge on any atom is -0.489 e. The van der Waals surface area contributed by atoms with Crippen molar-refractivity contribution in [1.29, 1.82) is 0 Å². The third-order valence-corrected chi connectivity index (χ3v) is 4.11. The highest BCUT2D eigenvalue weighted by Gasteiger charge is 2.17. The molecule has 0 saturated carbocycles. The van der Waals surface area contributed by atoms with Crippen molar-refractivity contribution in [3.05, 3.63) is 65.2 Å². The Morgan fingerprint density at radius 2 is 2.12 bits per heavy atom. The van der Waals surface area contributed by atoms with E-state index < -0.39 is 0 Å². The molecule has 3 rings (SSSR count). The van der Waals surface area contributed by atoms with Crippen LogP contribution in [-0.4, -0.2) is 25.2 Å². The highest BCUT2D eigenvalue weighted by molar-refractivity contribution is 6.31. The third kappa shape index (κ3) is 5.34. The maximum Gasteiger partial charge on any atom is 0.248 e. The molecule has 0 spiro atoms. The Kier molecular flexibility index (Phi) is 6.09. The Balaban J connectivity index is 1.64. The van der Waals surface area contributed by atoms with Gasteiger partial charge in [0.05, 0.1) is 11.8 Å². The average molecular weight is 358 g/mol. The second-order valence-corrected chi connectivity index (χ2v) is 6.26. The van der Waals surface area contributed by atoms with Crippen LogP contribution in [-0.2, 0) is 9.53 Å². The van der Waals surface area contributed by atoms with E-state index in [-0.39, 0.29) is 12.0 Å². The first kappa shape index (κ1) is 17.5. The van der Waals surface area contributed by atoms with E-state index in [0.29, 0.717) is 23.1 Å². The van der Waals surface area contributed by atoms with Crippen molar-refractivity contribution in [3.63, 3.8) is 0 Å². The lowest BCUT2D eigenvalue weighted by Gasteiger charge is -2.15. The summed E-state index contributed by atoms with van der Waals surface area (Å²) in [6.07, 6.45) is 5.40. The summed E-state index contributed by atoms with van der Waals surface area (Å²) < 4.78 is 11.4. The predicted molar refractivity (Wildman–Crippen MR) is 100 cm³/mol. The second kappa shape index (κ2) is 8.70. The van der Waals surface area contributed by atoms with Crippen molar-refractivity contribution in [3.8, 4) is 5.75 Å². The maximum absolute atomic E-state index is 12.2. The minimum absolute atomic E-state index is 0.109. The average Bonchev–Trinajstić information content (AvgIpc) is 3.14. The van der Waals surface area contributed by atoms with E-state index in [0.717, 1.165) is 25.0 Å². The van der Waals surface area contributed by atoms with Crippen molar-refractivity contribution in [1.82, 2.24) is 0 Å². The Morgan fingerprint density at radius 1 is 1.28 bits per heavy atom. The van der Waals surface area contributed by atoms with Gasteiger partial charge >= 0.3 is 0 Å². The number of ether oxygens (including phenoxy) is 2. The molecule has 0 radical (unpaired) electrons. The summed E-state index contributed by atoms with van der Waals surface area (Å²) in [5, 5.41) is 3.36. The molecule has 1 fully saturated rings. The van der Waals surface area contributed by atoms with Crippen molar-refractivity contribution in [2.24, 2.45) is 0 Å². The summed E-state index contributed by atoms with van der Waals surface area (Å²) in [4.78, 5) is 12.2. The van der Waals surface area contributed by atoms with E-state index >= 15 is 0 Å². The number of benzene rings is 2. The summed E-state index contributed by atoms with van der Waals surface area (Å²) in [6.45, 7) is 1.24. The molecule has 25 heavy (non-hydrogen) atoms. The number of hydrogen-bond donors (Lipinski definition) is 1. The van der Waals surface area contributed by atoms with Gasteiger partial charge in [-0.1, -0.05) is 41.9 Å². The summed E-state index contributed by atoms with van der Waals surface area (Å²) in [7, 11) is 0. The summed E-state index contributed by atoms with van der Waals surface area (Å²) in [5.41, 5.74) is 1.51. The fourth-order valence-electron chi connectivity index (χ4n) is 2.59. The van der Waals surface area contributed by atoms with Crippen molar-refractivity contribution >= 4 is 29.3 Å². The van der Waals surface area contributed by atoms with E-state index in [1.165, 1.54) is 6.08 Å². The molecule has 2 aromatic carbocycles. The molecule has 0 aliphatic carbocycles. The molecule has 1 N–H and O–H groups in total. The molecule has 1 saturated heterocycles. The molecule has 1 heterocycles. The van der Waals surface area contributed by atoms with E-state index in [4.69, 9.17) is 21.1 Å². The highest BCUT2D eigenvalue weighted by Crippen LogP contribution is 2.29. The number of halogens is 1. The van der Waals surface area contributed by atoms with E-state index in [1.807, 2.05) is 30.3 Å². The molecule has 2 aromatic rings. The summed E-state index contributed by atoms with van der Waals surface area (Å²) >= 11 is 6.05. The number of carbonyl (C=O) groups is 1. The van der Waals surface area contributed by atoms with Crippen molar-refractivity contribution in [2.45, 2.75) is 18.9 Å². The first-order valence-corrected chi connectivity index (χ1v) is 8.66. The minimum atomic E-state index is -0.243. The topological polar surface area (TPSA) is 47.6 Å². The van der Waals surface area contributed by atoms with Crippen molar-refractivity contribution < 1.29 is 14.3 Å². The van der Waals surface area contributed by atoms with Crippen LogP contribution in [0.1, 0.15) is 18.4 Å². The van der Waals surface area contributed by atoms with Crippen LogP contribution in [0.5, 0.6) is 5.75 Å². The van der Waals surface area contributed by atoms with Gasteiger partial charge in [-0.3, -0.25) is 4.79 Å². The molecule has 5 heteroatoms. The zero-order valence-corrected chi connectivity index (χ0v) is 14.5. The fraction of sp³-hybridized carbons (Fsp3) is 0.250. The van der Waals surface area contributed by atoms with Crippen LogP contribution in [0.15, 0.2) is 54.6 Å². The molecule has 1 aliphatic rings. The first-order valence-electron chi connectivity index (χ1n) is 8.29. The lowest BCUT2D eigenvalue weighted by molar-refractivity contribution is -0.111. The largest absolute Gasteiger partial charge is 0.489 e. The van der Waals surface area contributed by atoms with Crippen LogP contribution in [0.2, 0.25) is 5.02 Å². The van der Waals surface area contributed by atoms with Gasteiger partial charge in [-0.2, -0.15) is 0 Å². The van der Waals surface area contributed by atoms with Crippen LogP contribution < -0.4 is 10.1 Å². The number of carbonyl (C=O) groups excluding carboxylic acids is 1. The van der Waals surface area contributed by atoms with Gasteiger partial charge in [0, 0.05) is 17.7 Å². The van der Waals surface area contributed by atoms with Crippen LogP contribution in [0.3, 0.4) is 0 Å². The predicted octanol–water partition coefficient (Wildman–Crippen LogP) is 4.55. The van der Waals surface area contributed by atoms with Gasteiger partial charge in [-0.25, -0.2) is 0 Å². The van der Waals surface area contributed by atoms with Gasteiger partial charge in [-0.05, 0) is 42.7 Å². The zero-order chi connectivity index (χ0) is 17.5. The van der Waals surface area contributed by atoms with Crippen LogP contribution in [0, 0.1) is 0 Å². The summed E-state index contributed by atoms with van der Waals surface area (Å²) in [6, 6.07) is 14.8. The Labute approximate surface area is 152 Å². The van der Waals surface area contributed by atoms with Gasteiger partial charge in [0.1, 0.15) is 12.4 Å².